The minimum atomic E-state index is -2.20. The lowest BCUT2D eigenvalue weighted by Gasteiger charge is -2.47. The lowest BCUT2D eigenvalue weighted by molar-refractivity contribution is -0.372. The van der Waals surface area contributed by atoms with E-state index in [0.717, 1.165) is 51.4 Å². The number of nitrogens with zero attached hydrogens (tertiary/aromatic N) is 5. The van der Waals surface area contributed by atoms with E-state index in [4.69, 9.17) is 52.4 Å². The number of thiazole rings is 2. The molecule has 5 unspecified atom stereocenters. The van der Waals surface area contributed by atoms with Crippen molar-refractivity contribution in [3.05, 3.63) is 56.8 Å². The van der Waals surface area contributed by atoms with Crippen LogP contribution in [-0.4, -0.2) is 276 Å². The second-order valence-corrected chi connectivity index (χ2v) is 25.5. The summed E-state index contributed by atoms with van der Waals surface area (Å²) in [7, 11) is 1.91. The van der Waals surface area contributed by atoms with Gasteiger partial charge < -0.3 is 141 Å². The lowest BCUT2D eigenvalue weighted by atomic mass is 9.96. The maximum absolute atomic E-state index is 15.2. The lowest BCUT2D eigenvalue weighted by Crippen LogP contribution is -2.65. The number of carbonyl (C=O) groups excluding carboxylic acids is 8. The van der Waals surface area contributed by atoms with E-state index in [2.05, 4.69) is 72.4 Å². The Morgan fingerprint density at radius 3 is 2.08 bits per heavy atom. The molecule has 0 radical (unpaired) electrons. The van der Waals surface area contributed by atoms with Gasteiger partial charge >= 0.3 is 6.09 Å². The summed E-state index contributed by atoms with van der Waals surface area (Å²) in [6.07, 6.45) is -22.3. The predicted octanol–water partition coefficient (Wildman–Crippen LogP) is -7.99. The fourth-order valence-electron chi connectivity index (χ4n) is 10.3. The van der Waals surface area contributed by atoms with E-state index in [1.807, 2.05) is 7.05 Å². The Hall–Kier alpha value is -7.73. The summed E-state index contributed by atoms with van der Waals surface area (Å²) in [6.45, 7) is 5.70. The van der Waals surface area contributed by atoms with Crippen molar-refractivity contribution in [2.45, 2.75) is 170 Å². The standard InChI is InChI=1S/C58H91N19O21S2/c1-23-36(74-49(77-47(23)61)28(15-34(60)81)69-16-27(59)48(62)87)53(91)76-38(44(29-17-66-22-70-29)96-57-46(42(85)40(83)32(18-78)95-57)97-56-43(86)45(98-58(63)93)41(84)33(19-79)94-56)54(92)71-25(3)39(82)24(2)50(88)75-37(26(4)80)52(90)68-14-9-35-72-31(21-99-35)55-73-30(20-100-55)51(89)67-13-8-12-65-11-7-6-10-64-5/h17,20-22,24-28,32-33,37-46,56-57,64-65,69,78-80,82-86H,6-16,18-19,59H2,1-5H3,(H2,60,81)(H2,62,87)(H2,63,93)(H,66,70)(H,67,89)(H,68,90)(H,71,92)(H,75,88)(H,76,91)(H2,61,74,77)/t24-,25+,26+,27-,28-,32?,33?,37-,38-,39-,40+,41+,42?,43+,44-,45?,46?,56+,57-/m0/s1. The molecule has 0 aliphatic carbocycles. The number of anilines is 1. The minimum absolute atomic E-state index is 0.0111. The molecule has 42 heteroatoms. The number of aromatic nitrogens is 6. The number of aliphatic hydroxyl groups is 8. The number of ether oxygens (including phenoxy) is 5. The maximum Gasteiger partial charge on any atom is 0.404 e. The molecule has 4 aromatic rings. The van der Waals surface area contributed by atoms with Gasteiger partial charge in [-0.05, 0) is 66.7 Å². The highest BCUT2D eigenvalue weighted by molar-refractivity contribution is 7.14. The molecule has 2 aliphatic rings. The second-order valence-electron chi connectivity index (χ2n) is 23.7. The van der Waals surface area contributed by atoms with Crippen LogP contribution in [0.3, 0.4) is 0 Å². The normalized spacial score (nSPS) is 23.5. The molecular formula is C58H91N19O21S2. The van der Waals surface area contributed by atoms with E-state index in [-0.39, 0.29) is 54.0 Å². The number of carbonyl (C=O) groups is 8. The highest BCUT2D eigenvalue weighted by atomic mass is 32.1. The van der Waals surface area contributed by atoms with Crippen LogP contribution in [0.25, 0.3) is 10.7 Å². The van der Waals surface area contributed by atoms with Gasteiger partial charge in [0, 0.05) is 48.8 Å². The van der Waals surface area contributed by atoms with Gasteiger partial charge in [-0.15, -0.1) is 22.7 Å². The Morgan fingerprint density at radius 1 is 0.740 bits per heavy atom. The number of aliphatic hydroxyl groups excluding tert-OH is 8. The molecular weight excluding hydrogens is 1360 g/mol. The van der Waals surface area contributed by atoms with Gasteiger partial charge in [0.1, 0.15) is 94.6 Å². The van der Waals surface area contributed by atoms with Gasteiger partial charge in [0.25, 0.3) is 11.8 Å². The second kappa shape index (κ2) is 38.9. The fraction of sp³-hybridized carbons (Fsp3) is 0.638. The molecule has 2 aliphatic heterocycles. The molecule has 0 saturated carbocycles. The van der Waals surface area contributed by atoms with E-state index < -0.39 is 183 Å². The van der Waals surface area contributed by atoms with Crippen molar-refractivity contribution >= 4 is 75.9 Å². The van der Waals surface area contributed by atoms with Crippen molar-refractivity contribution in [1.82, 2.24) is 72.4 Å². The van der Waals surface area contributed by atoms with E-state index in [1.54, 1.807) is 10.8 Å². The van der Waals surface area contributed by atoms with Crippen molar-refractivity contribution in [1.29, 1.82) is 0 Å². The summed E-state index contributed by atoms with van der Waals surface area (Å²) in [6, 6.07) is -7.86. The molecule has 100 heavy (non-hydrogen) atoms. The molecule has 6 rings (SSSR count). The molecule has 8 amide bonds. The summed E-state index contributed by atoms with van der Waals surface area (Å²) in [4.78, 5) is 131. The number of imidazole rings is 1. The zero-order valence-corrected chi connectivity index (χ0v) is 56.9. The van der Waals surface area contributed by atoms with Crippen LogP contribution < -0.4 is 71.2 Å². The fourth-order valence-corrected chi connectivity index (χ4v) is 11.9. The van der Waals surface area contributed by atoms with Crippen molar-refractivity contribution in [3.8, 4) is 10.7 Å². The molecule has 2 saturated heterocycles. The minimum Gasteiger partial charge on any atom is -0.441 e. The molecule has 19 atom stereocenters. The first-order chi connectivity index (χ1) is 47.5. The molecule has 556 valence electrons. The number of nitrogens with one attached hydrogen (secondary N) is 9. The Bertz CT molecular complexity index is 3340. The van der Waals surface area contributed by atoms with Gasteiger partial charge in [0.2, 0.25) is 29.5 Å². The first kappa shape index (κ1) is 81.2. The van der Waals surface area contributed by atoms with Crippen molar-refractivity contribution < 1.29 is 103 Å². The quantitative estimate of drug-likeness (QED) is 0.0184. The van der Waals surface area contributed by atoms with E-state index in [9.17, 15) is 74.4 Å². The number of unbranched alkanes of at least 4 members (excludes halogenated alkanes) is 1. The van der Waals surface area contributed by atoms with Crippen LogP contribution in [0.15, 0.2) is 23.3 Å². The maximum atomic E-state index is 15.2. The first-order valence-corrected chi connectivity index (χ1v) is 33.6. The van der Waals surface area contributed by atoms with Crippen LogP contribution in [0, 0.1) is 12.8 Å². The smallest absolute Gasteiger partial charge is 0.404 e. The average Bonchev–Trinajstić information content (AvgIpc) is 0.779. The first-order valence-electron chi connectivity index (χ1n) is 31.8. The monoisotopic (exact) mass is 1450 g/mol. The van der Waals surface area contributed by atoms with Gasteiger partial charge in [0.05, 0.1) is 72.7 Å². The van der Waals surface area contributed by atoms with Crippen LogP contribution in [0.1, 0.15) is 102 Å². The van der Waals surface area contributed by atoms with E-state index in [1.165, 1.54) is 50.4 Å². The number of nitrogen functional groups attached to an aromatic ring is 1. The number of primary amides is 3. The number of H-pyrrole nitrogens is 1. The van der Waals surface area contributed by atoms with E-state index in [0.29, 0.717) is 22.3 Å². The van der Waals surface area contributed by atoms with Gasteiger partial charge in [-0.25, -0.2) is 29.7 Å². The van der Waals surface area contributed by atoms with E-state index >= 15 is 4.79 Å². The summed E-state index contributed by atoms with van der Waals surface area (Å²) in [5.41, 5.74) is 28.1. The summed E-state index contributed by atoms with van der Waals surface area (Å²) < 4.78 is 28.8. The Kier molecular flexibility index (Phi) is 31.6. The van der Waals surface area contributed by atoms with Crippen molar-refractivity contribution in [2.75, 3.05) is 65.3 Å². The number of aromatic amines is 1. The third kappa shape index (κ3) is 22.4. The van der Waals surface area contributed by atoms with Crippen molar-refractivity contribution in [3.63, 3.8) is 0 Å². The van der Waals surface area contributed by atoms with Gasteiger partial charge in [-0.2, -0.15) is 0 Å². The Balaban J connectivity index is 1.22. The van der Waals surface area contributed by atoms with Crippen LogP contribution in [0.5, 0.6) is 0 Å². The number of amides is 8. The molecule has 2 fully saturated rings. The van der Waals surface area contributed by atoms with Crippen LogP contribution >= 0.6 is 22.7 Å². The molecule has 27 N–H and O–H groups in total. The van der Waals surface area contributed by atoms with Crippen LogP contribution in [0.4, 0.5) is 10.6 Å². The highest BCUT2D eigenvalue weighted by Crippen LogP contribution is 2.35. The zero-order chi connectivity index (χ0) is 73.7. The third-order valence-electron chi connectivity index (χ3n) is 16.1. The number of rotatable bonds is 40. The van der Waals surface area contributed by atoms with Crippen LogP contribution in [-0.2, 0) is 54.1 Å². The largest absolute Gasteiger partial charge is 0.441 e. The van der Waals surface area contributed by atoms with Crippen molar-refractivity contribution in [2.24, 2.45) is 28.9 Å². The van der Waals surface area contributed by atoms with Gasteiger partial charge in [0.15, 0.2) is 18.7 Å². The molecule has 40 nitrogen and oxygen atoms in total. The topological polar surface area (TPSA) is 651 Å². The number of hydrogen-bond donors (Lipinski definition) is 22. The highest BCUT2D eigenvalue weighted by Gasteiger charge is 2.54. The zero-order valence-electron chi connectivity index (χ0n) is 55.3. The molecule has 0 spiro atoms. The third-order valence-corrected chi connectivity index (χ3v) is 17.9. The Labute approximate surface area is 580 Å². The SMILES string of the molecule is CNCCCCNCCCNC(=O)c1csc(-c2csc(CCNC(=O)[C@@H](NC(=O)[C@@H](C)[C@H](O)[C@@H](C)NC(=O)[C@@H](NC(=O)c3nc([C@H](CC(N)=O)NC[C@H](N)C(N)=O)nc(N)c3C)[C@@H](O[C@@H]3OC(CO)[C@@H](O)C(O)C3O[C@H]3OC(CO)[C@@H](O)C(OC(N)=O)[C@H]3O)c3cnc[nH]3)[C@@H](C)O)n2)n1. The summed E-state index contributed by atoms with van der Waals surface area (Å²) >= 11 is 2.51. The Morgan fingerprint density at radius 2 is 1.43 bits per heavy atom. The van der Waals surface area contributed by atoms with Gasteiger partial charge in [-0.3, -0.25) is 33.6 Å². The number of nitrogens with two attached hydrogens (primary N) is 5. The summed E-state index contributed by atoms with van der Waals surface area (Å²) in [5, 5.41) is 115. The number of hydrogen-bond acceptors (Lipinski definition) is 33. The summed E-state index contributed by atoms with van der Waals surface area (Å²) in [5.74, 6) is -8.72. The molecule has 4 aromatic heterocycles. The predicted molar refractivity (Wildman–Crippen MR) is 351 cm³/mol. The van der Waals surface area contributed by atoms with Crippen LogP contribution in [0.2, 0.25) is 0 Å². The average molecular weight is 1450 g/mol. The van der Waals surface area contributed by atoms with Gasteiger partial charge in [-0.1, -0.05) is 6.92 Å². The molecule has 0 bridgehead atoms. The molecule has 0 aromatic carbocycles. The molecule has 6 heterocycles.